The van der Waals surface area contributed by atoms with Crippen LogP contribution in [0.5, 0.6) is 0 Å². The Morgan fingerprint density at radius 3 is 2.63 bits per heavy atom. The molecule has 0 bridgehead atoms. The van der Waals surface area contributed by atoms with Gasteiger partial charge in [0, 0.05) is 13.1 Å². The lowest BCUT2D eigenvalue weighted by atomic mass is 9.83. The minimum atomic E-state index is -0.727. The van der Waals surface area contributed by atoms with Gasteiger partial charge in [0.05, 0.1) is 5.92 Å². The molecule has 2 rings (SSSR count). The maximum atomic E-state index is 11.5. The van der Waals surface area contributed by atoms with E-state index in [4.69, 9.17) is 0 Å². The average molecular weight is 261 g/mol. The van der Waals surface area contributed by atoms with Crippen LogP contribution in [0.15, 0.2) is 30.3 Å². The number of rotatable bonds is 4. The molecule has 0 amide bonds. The van der Waals surface area contributed by atoms with Crippen LogP contribution < -0.4 is 0 Å². The third kappa shape index (κ3) is 3.80. The molecular weight excluding hydrogens is 238 g/mol. The predicted molar refractivity (Wildman–Crippen MR) is 76.3 cm³/mol. The minimum Gasteiger partial charge on any atom is -0.481 e. The van der Waals surface area contributed by atoms with Gasteiger partial charge in [-0.15, -0.1) is 0 Å². The van der Waals surface area contributed by atoms with E-state index in [1.54, 1.807) is 0 Å². The van der Waals surface area contributed by atoms with E-state index in [0.29, 0.717) is 12.0 Å². The summed E-state index contributed by atoms with van der Waals surface area (Å²) < 4.78 is 0. The third-order valence-corrected chi connectivity index (χ3v) is 3.92. The Morgan fingerprint density at radius 2 is 2.05 bits per heavy atom. The van der Waals surface area contributed by atoms with E-state index in [2.05, 4.69) is 18.7 Å². The van der Waals surface area contributed by atoms with Gasteiger partial charge in [0.25, 0.3) is 0 Å². The lowest BCUT2D eigenvalue weighted by molar-refractivity contribution is -0.139. The van der Waals surface area contributed by atoms with Crippen molar-refractivity contribution < 1.29 is 9.90 Å². The molecule has 0 spiro atoms. The minimum absolute atomic E-state index is 0.304. The molecule has 0 saturated carbocycles. The molecular formula is C16H23NO2. The summed E-state index contributed by atoms with van der Waals surface area (Å²) in [6, 6.07) is 9.56. The van der Waals surface area contributed by atoms with Gasteiger partial charge in [-0.25, -0.2) is 0 Å². The number of carbonyl (C=O) groups is 1. The first-order valence-electron chi connectivity index (χ1n) is 6.98. The first-order chi connectivity index (χ1) is 8.98. The molecule has 19 heavy (non-hydrogen) atoms. The lowest BCUT2D eigenvalue weighted by Crippen LogP contribution is -2.43. The Bertz CT molecular complexity index is 428. The maximum Gasteiger partial charge on any atom is 0.312 e. The molecule has 1 N–H and O–H groups in total. The number of carboxylic acids is 1. The molecule has 3 nitrogen and oxygen atoms in total. The summed E-state index contributed by atoms with van der Waals surface area (Å²) in [5.41, 5.74) is 1.20. The smallest absolute Gasteiger partial charge is 0.312 e. The highest BCUT2D eigenvalue weighted by Crippen LogP contribution is 2.30. The van der Waals surface area contributed by atoms with Crippen LogP contribution in [0.25, 0.3) is 0 Å². The first-order valence-corrected chi connectivity index (χ1v) is 6.98. The summed E-state index contributed by atoms with van der Waals surface area (Å²) >= 11 is 0. The number of piperidine rings is 1. The Hall–Kier alpha value is -1.35. The van der Waals surface area contributed by atoms with Gasteiger partial charge in [-0.1, -0.05) is 44.2 Å². The maximum absolute atomic E-state index is 11.5. The van der Waals surface area contributed by atoms with Crippen LogP contribution in [0.3, 0.4) is 0 Å². The van der Waals surface area contributed by atoms with E-state index < -0.39 is 11.9 Å². The highest BCUT2D eigenvalue weighted by atomic mass is 16.4. The van der Waals surface area contributed by atoms with E-state index in [1.165, 1.54) is 6.42 Å². The van der Waals surface area contributed by atoms with Crippen molar-refractivity contribution in [2.45, 2.75) is 32.6 Å². The zero-order valence-corrected chi connectivity index (χ0v) is 11.8. The molecule has 1 aromatic rings. The molecule has 0 aromatic heterocycles. The summed E-state index contributed by atoms with van der Waals surface area (Å²) in [5.74, 6) is -1.15. The fourth-order valence-electron chi connectivity index (χ4n) is 2.97. The molecule has 1 heterocycles. The average Bonchev–Trinajstić information content (AvgIpc) is 2.35. The van der Waals surface area contributed by atoms with Gasteiger partial charge in [-0.2, -0.15) is 0 Å². The molecule has 0 radical (unpaired) electrons. The molecule has 1 aliphatic rings. The Labute approximate surface area is 115 Å². The molecule has 3 heteroatoms. The quantitative estimate of drug-likeness (QED) is 0.906. The number of nitrogens with zero attached hydrogens (tertiary/aromatic N) is 1. The summed E-state index contributed by atoms with van der Waals surface area (Å²) in [5, 5.41) is 9.46. The Morgan fingerprint density at radius 1 is 1.37 bits per heavy atom. The molecule has 0 aliphatic carbocycles. The summed E-state index contributed by atoms with van der Waals surface area (Å²) in [7, 11) is 0. The molecule has 1 unspecified atom stereocenters. The van der Waals surface area contributed by atoms with Gasteiger partial charge in [-0.3, -0.25) is 4.79 Å². The van der Waals surface area contributed by atoms with E-state index in [9.17, 15) is 9.90 Å². The number of hydrogen-bond donors (Lipinski definition) is 1. The van der Waals surface area contributed by atoms with Gasteiger partial charge in [0.2, 0.25) is 0 Å². The van der Waals surface area contributed by atoms with Crippen LogP contribution in [0.2, 0.25) is 0 Å². The second kappa shape index (κ2) is 5.74. The van der Waals surface area contributed by atoms with Crippen molar-refractivity contribution >= 4 is 5.97 Å². The van der Waals surface area contributed by atoms with Crippen LogP contribution in [0, 0.1) is 5.41 Å². The number of hydrogen-bond acceptors (Lipinski definition) is 2. The topological polar surface area (TPSA) is 40.5 Å². The number of benzene rings is 1. The molecule has 1 atom stereocenters. The standard InChI is InChI=1S/C16H23NO2/c1-16(2)9-6-10-17(12-16)11-14(15(18)19)13-7-4-3-5-8-13/h3-5,7-8,14H,6,9-12H2,1-2H3,(H,18,19). The van der Waals surface area contributed by atoms with Crippen LogP contribution >= 0.6 is 0 Å². The predicted octanol–water partition coefficient (Wildman–Crippen LogP) is 2.98. The Balaban J connectivity index is 2.08. The van der Waals surface area contributed by atoms with Crippen molar-refractivity contribution in [3.63, 3.8) is 0 Å². The van der Waals surface area contributed by atoms with Crippen molar-refractivity contribution in [3.8, 4) is 0 Å². The van der Waals surface area contributed by atoms with Crippen molar-refractivity contribution in [2.75, 3.05) is 19.6 Å². The van der Waals surface area contributed by atoms with Crippen molar-refractivity contribution in [3.05, 3.63) is 35.9 Å². The molecule has 104 valence electrons. The second-order valence-corrected chi connectivity index (χ2v) is 6.30. The highest BCUT2D eigenvalue weighted by Gasteiger charge is 2.30. The number of likely N-dealkylation sites (tertiary alicyclic amines) is 1. The van der Waals surface area contributed by atoms with E-state index in [1.807, 2.05) is 30.3 Å². The Kier molecular flexibility index (Phi) is 4.25. The summed E-state index contributed by atoms with van der Waals surface area (Å²) in [4.78, 5) is 13.8. The molecule has 1 saturated heterocycles. The van der Waals surface area contributed by atoms with Gasteiger partial charge in [0.15, 0.2) is 0 Å². The largest absolute Gasteiger partial charge is 0.481 e. The zero-order chi connectivity index (χ0) is 13.9. The zero-order valence-electron chi connectivity index (χ0n) is 11.8. The molecule has 1 fully saturated rings. The fourth-order valence-corrected chi connectivity index (χ4v) is 2.97. The van der Waals surface area contributed by atoms with Crippen LogP contribution in [-0.4, -0.2) is 35.6 Å². The molecule has 1 aromatic carbocycles. The van der Waals surface area contributed by atoms with Crippen LogP contribution in [-0.2, 0) is 4.79 Å². The van der Waals surface area contributed by atoms with E-state index >= 15 is 0 Å². The third-order valence-electron chi connectivity index (χ3n) is 3.92. The normalized spacial score (nSPS) is 20.9. The first kappa shape index (κ1) is 14.1. The van der Waals surface area contributed by atoms with Crippen molar-refractivity contribution in [1.82, 2.24) is 4.90 Å². The summed E-state index contributed by atoms with van der Waals surface area (Å²) in [6.07, 6.45) is 2.39. The van der Waals surface area contributed by atoms with Crippen molar-refractivity contribution in [1.29, 1.82) is 0 Å². The van der Waals surface area contributed by atoms with Gasteiger partial charge in [0.1, 0.15) is 0 Å². The van der Waals surface area contributed by atoms with E-state index in [0.717, 1.165) is 25.1 Å². The van der Waals surface area contributed by atoms with Crippen molar-refractivity contribution in [2.24, 2.45) is 5.41 Å². The van der Waals surface area contributed by atoms with E-state index in [-0.39, 0.29) is 0 Å². The number of carboxylic acid groups (broad SMARTS) is 1. The van der Waals surface area contributed by atoms with Crippen LogP contribution in [0.4, 0.5) is 0 Å². The fraction of sp³-hybridized carbons (Fsp3) is 0.562. The summed E-state index contributed by atoms with van der Waals surface area (Å²) in [6.45, 7) is 7.14. The van der Waals surface area contributed by atoms with Crippen LogP contribution in [0.1, 0.15) is 38.2 Å². The van der Waals surface area contributed by atoms with Gasteiger partial charge in [-0.05, 0) is 30.4 Å². The monoisotopic (exact) mass is 261 g/mol. The molecule has 1 aliphatic heterocycles. The number of aliphatic carboxylic acids is 1. The highest BCUT2D eigenvalue weighted by molar-refractivity contribution is 5.76. The van der Waals surface area contributed by atoms with Gasteiger partial charge < -0.3 is 10.0 Å². The SMILES string of the molecule is CC1(C)CCCN(CC(C(=O)O)c2ccccc2)C1. The second-order valence-electron chi connectivity index (χ2n) is 6.30. The van der Waals surface area contributed by atoms with Gasteiger partial charge >= 0.3 is 5.97 Å². The lowest BCUT2D eigenvalue weighted by Gasteiger charge is -2.39.